The third-order valence-corrected chi connectivity index (χ3v) is 3.73. The number of nitrogens with one attached hydrogen (secondary N) is 1. The number of nitrogens with zero attached hydrogens (tertiary/aromatic N) is 1. The minimum absolute atomic E-state index is 0.145. The second-order valence-electron chi connectivity index (χ2n) is 5.59. The Bertz CT molecular complexity index is 702. The lowest BCUT2D eigenvalue weighted by molar-refractivity contribution is -0.140. The first-order valence-corrected chi connectivity index (χ1v) is 7.96. The van der Waals surface area contributed by atoms with Crippen molar-refractivity contribution in [1.29, 1.82) is 0 Å². The van der Waals surface area contributed by atoms with Crippen LogP contribution in [0, 0.1) is 13.8 Å². The summed E-state index contributed by atoms with van der Waals surface area (Å²) in [6.45, 7) is 4.37. The molecule has 0 fully saturated rings. The predicted octanol–water partition coefficient (Wildman–Crippen LogP) is 2.09. The standard InChI is InChI=1S/C18H22N2O5/c1-12-16(13(2)25-20-12)11-24-15-6-4-14(5-7-15)10-17(21)19-9-8-18(22)23-3/h4-7H,8-11H2,1-3H3,(H,19,21). The zero-order valence-corrected chi connectivity index (χ0v) is 14.6. The highest BCUT2D eigenvalue weighted by Gasteiger charge is 2.10. The molecule has 0 aliphatic carbocycles. The van der Waals surface area contributed by atoms with Gasteiger partial charge in [0.05, 0.1) is 31.2 Å². The molecule has 1 amide bonds. The van der Waals surface area contributed by atoms with E-state index in [1.165, 1.54) is 7.11 Å². The molecule has 2 aromatic rings. The summed E-state index contributed by atoms with van der Waals surface area (Å²) in [5.74, 6) is 0.959. The van der Waals surface area contributed by atoms with E-state index < -0.39 is 0 Å². The maximum Gasteiger partial charge on any atom is 0.307 e. The lowest BCUT2D eigenvalue weighted by Gasteiger charge is -2.08. The summed E-state index contributed by atoms with van der Waals surface area (Å²) in [5.41, 5.74) is 2.62. The zero-order chi connectivity index (χ0) is 18.2. The number of benzene rings is 1. The summed E-state index contributed by atoms with van der Waals surface area (Å²) in [4.78, 5) is 22.8. The van der Waals surface area contributed by atoms with E-state index in [0.717, 1.165) is 22.6 Å². The van der Waals surface area contributed by atoms with Crippen LogP contribution in [0.25, 0.3) is 0 Å². The first-order valence-electron chi connectivity index (χ1n) is 7.96. The number of hydrogen-bond acceptors (Lipinski definition) is 6. The minimum atomic E-state index is -0.347. The molecule has 0 radical (unpaired) electrons. The summed E-state index contributed by atoms with van der Waals surface area (Å²) in [6.07, 6.45) is 0.405. The molecule has 1 aromatic carbocycles. The van der Waals surface area contributed by atoms with Crippen LogP contribution in [-0.2, 0) is 27.4 Å². The SMILES string of the molecule is COC(=O)CCNC(=O)Cc1ccc(OCc2c(C)noc2C)cc1. The van der Waals surface area contributed by atoms with E-state index in [0.29, 0.717) is 12.4 Å². The molecule has 0 aliphatic rings. The van der Waals surface area contributed by atoms with E-state index in [4.69, 9.17) is 9.26 Å². The smallest absolute Gasteiger partial charge is 0.307 e. The summed E-state index contributed by atoms with van der Waals surface area (Å²) < 4.78 is 15.3. The predicted molar refractivity (Wildman–Crippen MR) is 90.1 cm³/mol. The van der Waals surface area contributed by atoms with Crippen LogP contribution >= 0.6 is 0 Å². The topological polar surface area (TPSA) is 90.7 Å². The van der Waals surface area contributed by atoms with Gasteiger partial charge in [0.15, 0.2) is 0 Å². The second kappa shape index (κ2) is 8.86. The molecule has 1 heterocycles. The number of esters is 1. The van der Waals surface area contributed by atoms with Gasteiger partial charge in [-0.15, -0.1) is 0 Å². The van der Waals surface area contributed by atoms with Gasteiger partial charge in [-0.3, -0.25) is 9.59 Å². The summed E-state index contributed by atoms with van der Waals surface area (Å²) >= 11 is 0. The molecule has 0 bridgehead atoms. The number of aryl methyl sites for hydroxylation is 2. The molecule has 134 valence electrons. The van der Waals surface area contributed by atoms with Crippen molar-refractivity contribution in [3.63, 3.8) is 0 Å². The Hall–Kier alpha value is -2.83. The number of ether oxygens (including phenoxy) is 2. The van der Waals surface area contributed by atoms with E-state index >= 15 is 0 Å². The lowest BCUT2D eigenvalue weighted by Crippen LogP contribution is -2.27. The van der Waals surface area contributed by atoms with Crippen LogP contribution in [0.3, 0.4) is 0 Å². The third kappa shape index (κ3) is 5.63. The van der Waals surface area contributed by atoms with Crippen molar-refractivity contribution in [2.75, 3.05) is 13.7 Å². The average Bonchev–Trinajstić information content (AvgIpc) is 2.92. The van der Waals surface area contributed by atoms with Gasteiger partial charge in [0, 0.05) is 6.54 Å². The molecule has 7 heteroatoms. The van der Waals surface area contributed by atoms with Crippen molar-refractivity contribution in [2.45, 2.75) is 33.3 Å². The number of amides is 1. The Morgan fingerprint density at radius 3 is 2.52 bits per heavy atom. The van der Waals surface area contributed by atoms with Gasteiger partial charge >= 0.3 is 5.97 Å². The second-order valence-corrected chi connectivity index (χ2v) is 5.59. The highest BCUT2D eigenvalue weighted by atomic mass is 16.5. The summed E-state index contributed by atoms with van der Waals surface area (Å²) in [5, 5.41) is 6.57. The Balaban J connectivity index is 1.79. The molecule has 2 rings (SSSR count). The molecule has 0 spiro atoms. The summed E-state index contributed by atoms with van der Waals surface area (Å²) in [7, 11) is 1.32. The molecular weight excluding hydrogens is 324 g/mol. The number of methoxy groups -OCH3 is 1. The van der Waals surface area contributed by atoms with Gasteiger partial charge in [-0.1, -0.05) is 17.3 Å². The third-order valence-electron chi connectivity index (χ3n) is 3.73. The first-order chi connectivity index (χ1) is 12.0. The van der Waals surface area contributed by atoms with Crippen LogP contribution in [0.4, 0.5) is 0 Å². The average molecular weight is 346 g/mol. The summed E-state index contributed by atoms with van der Waals surface area (Å²) in [6, 6.07) is 7.30. The van der Waals surface area contributed by atoms with Crippen molar-refractivity contribution in [3.8, 4) is 5.75 Å². The van der Waals surface area contributed by atoms with Crippen molar-refractivity contribution in [2.24, 2.45) is 0 Å². The molecule has 0 atom stereocenters. The molecule has 7 nitrogen and oxygen atoms in total. The highest BCUT2D eigenvalue weighted by Crippen LogP contribution is 2.18. The Morgan fingerprint density at radius 1 is 1.20 bits per heavy atom. The quantitative estimate of drug-likeness (QED) is 0.736. The highest BCUT2D eigenvalue weighted by molar-refractivity contribution is 5.79. The number of hydrogen-bond donors (Lipinski definition) is 1. The lowest BCUT2D eigenvalue weighted by atomic mass is 10.1. The van der Waals surface area contributed by atoms with Gasteiger partial charge in [0.1, 0.15) is 18.1 Å². The largest absolute Gasteiger partial charge is 0.489 e. The number of aromatic nitrogens is 1. The maximum atomic E-state index is 11.8. The maximum absolute atomic E-state index is 11.8. The van der Waals surface area contributed by atoms with Gasteiger partial charge in [-0.2, -0.15) is 0 Å². The number of carbonyl (C=O) groups excluding carboxylic acids is 2. The molecule has 0 aliphatic heterocycles. The van der Waals surface area contributed by atoms with Crippen LogP contribution in [0.15, 0.2) is 28.8 Å². The van der Waals surface area contributed by atoms with Gasteiger partial charge in [-0.25, -0.2) is 0 Å². The van der Waals surface area contributed by atoms with Crippen LogP contribution in [-0.4, -0.2) is 30.7 Å². The molecule has 0 saturated carbocycles. The monoisotopic (exact) mass is 346 g/mol. The van der Waals surface area contributed by atoms with Gasteiger partial charge in [0.2, 0.25) is 5.91 Å². The normalized spacial score (nSPS) is 10.4. The molecule has 1 aromatic heterocycles. The van der Waals surface area contributed by atoms with Gasteiger partial charge in [0.25, 0.3) is 0 Å². The Labute approximate surface area is 146 Å². The van der Waals surface area contributed by atoms with Crippen LogP contribution in [0.2, 0.25) is 0 Å². The fraction of sp³-hybridized carbons (Fsp3) is 0.389. The van der Waals surface area contributed by atoms with Crippen LogP contribution < -0.4 is 10.1 Å². The number of rotatable bonds is 8. The Kier molecular flexibility index (Phi) is 6.56. The van der Waals surface area contributed by atoms with Crippen molar-refractivity contribution in [3.05, 3.63) is 46.8 Å². The van der Waals surface area contributed by atoms with Crippen LogP contribution in [0.1, 0.15) is 29.0 Å². The minimum Gasteiger partial charge on any atom is -0.489 e. The Morgan fingerprint density at radius 2 is 1.92 bits per heavy atom. The molecule has 1 N–H and O–H groups in total. The van der Waals surface area contributed by atoms with E-state index in [-0.39, 0.29) is 31.3 Å². The van der Waals surface area contributed by atoms with Crippen molar-refractivity contribution >= 4 is 11.9 Å². The van der Waals surface area contributed by atoms with Crippen LogP contribution in [0.5, 0.6) is 5.75 Å². The first kappa shape index (κ1) is 18.5. The molecular formula is C18H22N2O5. The van der Waals surface area contributed by atoms with Crippen molar-refractivity contribution in [1.82, 2.24) is 10.5 Å². The van der Waals surface area contributed by atoms with E-state index in [1.54, 1.807) is 0 Å². The van der Waals surface area contributed by atoms with E-state index in [9.17, 15) is 9.59 Å². The van der Waals surface area contributed by atoms with Gasteiger partial charge in [-0.05, 0) is 31.5 Å². The molecule has 25 heavy (non-hydrogen) atoms. The zero-order valence-electron chi connectivity index (χ0n) is 14.6. The fourth-order valence-corrected chi connectivity index (χ4v) is 2.22. The molecule has 0 unspecified atom stereocenters. The molecule has 0 saturated heterocycles. The van der Waals surface area contributed by atoms with E-state index in [2.05, 4.69) is 15.2 Å². The number of carbonyl (C=O) groups is 2. The van der Waals surface area contributed by atoms with Gasteiger partial charge < -0.3 is 19.3 Å². The van der Waals surface area contributed by atoms with E-state index in [1.807, 2.05) is 38.1 Å². The van der Waals surface area contributed by atoms with Crippen molar-refractivity contribution < 1.29 is 23.6 Å². The fourth-order valence-electron chi connectivity index (χ4n) is 2.22.